The third-order valence-electron chi connectivity index (χ3n) is 3.28. The summed E-state index contributed by atoms with van der Waals surface area (Å²) in [5, 5.41) is 3.20. The van der Waals surface area contributed by atoms with Crippen LogP contribution in [-0.2, 0) is 6.54 Å². The Balaban J connectivity index is 1.81. The van der Waals surface area contributed by atoms with Crippen molar-refractivity contribution in [1.29, 1.82) is 0 Å². The zero-order valence-corrected chi connectivity index (χ0v) is 12.0. The molecule has 1 aromatic carbocycles. The van der Waals surface area contributed by atoms with Gasteiger partial charge in [-0.2, -0.15) is 0 Å². The maximum Gasteiger partial charge on any atom is 0.140 e. The largest absolute Gasteiger partial charge is 0.370 e. The number of rotatable bonds is 5. The predicted octanol–water partition coefficient (Wildman–Crippen LogP) is 3.43. The number of benzene rings is 1. The Kier molecular flexibility index (Phi) is 3.96. The molecule has 0 spiro atoms. The number of nitrogens with zero attached hydrogens (tertiary/aromatic N) is 3. The van der Waals surface area contributed by atoms with E-state index in [4.69, 9.17) is 0 Å². The third kappa shape index (κ3) is 3.11. The van der Waals surface area contributed by atoms with Gasteiger partial charge in [0.05, 0.1) is 6.54 Å². The summed E-state index contributed by atoms with van der Waals surface area (Å²) in [6.07, 6.45) is 5.75. The van der Waals surface area contributed by atoms with Crippen molar-refractivity contribution in [2.75, 3.05) is 11.9 Å². The van der Waals surface area contributed by atoms with Crippen LogP contribution in [0, 0.1) is 0 Å². The van der Waals surface area contributed by atoms with Gasteiger partial charge in [0.15, 0.2) is 0 Å². The van der Waals surface area contributed by atoms with Crippen LogP contribution in [0.1, 0.15) is 12.5 Å². The van der Waals surface area contributed by atoms with E-state index in [2.05, 4.69) is 45.0 Å². The van der Waals surface area contributed by atoms with E-state index in [1.54, 1.807) is 0 Å². The van der Waals surface area contributed by atoms with Gasteiger partial charge in [-0.05, 0) is 18.6 Å². The van der Waals surface area contributed by atoms with E-state index in [-0.39, 0.29) is 0 Å². The molecule has 0 bridgehead atoms. The first-order valence-corrected chi connectivity index (χ1v) is 7.12. The van der Waals surface area contributed by atoms with E-state index in [0.717, 1.165) is 35.9 Å². The quantitative estimate of drug-likeness (QED) is 0.777. The van der Waals surface area contributed by atoms with E-state index in [0.29, 0.717) is 0 Å². The van der Waals surface area contributed by atoms with Crippen LogP contribution in [0.2, 0.25) is 0 Å². The Hall–Kier alpha value is -2.62. The summed E-state index contributed by atoms with van der Waals surface area (Å²) in [7, 11) is 0. The molecule has 21 heavy (non-hydrogen) atoms. The standard InChI is InChI=1S/C17H18N4/c1-2-18-16-9-8-14(12-20-16)13-21-11-10-19-17(21)15-6-4-3-5-7-15/h3-12H,2,13H2,1H3,(H,18,20). The SMILES string of the molecule is CCNc1ccc(Cn2ccnc2-c2ccccc2)cn1. The van der Waals surface area contributed by atoms with Crippen molar-refractivity contribution in [3.05, 3.63) is 66.6 Å². The zero-order valence-electron chi connectivity index (χ0n) is 12.0. The molecule has 0 fully saturated rings. The van der Waals surface area contributed by atoms with Crippen LogP contribution in [-0.4, -0.2) is 21.1 Å². The van der Waals surface area contributed by atoms with Gasteiger partial charge in [0, 0.05) is 30.7 Å². The molecule has 3 rings (SSSR count). The molecule has 1 N–H and O–H groups in total. The summed E-state index contributed by atoms with van der Waals surface area (Å²) in [5.74, 6) is 1.89. The molecule has 0 aliphatic rings. The summed E-state index contributed by atoms with van der Waals surface area (Å²) in [5.41, 5.74) is 2.28. The van der Waals surface area contributed by atoms with Gasteiger partial charge in [0.1, 0.15) is 11.6 Å². The first kappa shape index (κ1) is 13.4. The number of hydrogen-bond donors (Lipinski definition) is 1. The molecular weight excluding hydrogens is 260 g/mol. The van der Waals surface area contributed by atoms with Crippen LogP contribution in [0.3, 0.4) is 0 Å². The van der Waals surface area contributed by atoms with Gasteiger partial charge < -0.3 is 9.88 Å². The van der Waals surface area contributed by atoms with Crippen LogP contribution in [0.4, 0.5) is 5.82 Å². The second kappa shape index (κ2) is 6.22. The number of nitrogens with one attached hydrogen (secondary N) is 1. The smallest absolute Gasteiger partial charge is 0.140 e. The molecule has 0 atom stereocenters. The summed E-state index contributed by atoms with van der Waals surface area (Å²) in [6.45, 7) is 3.71. The van der Waals surface area contributed by atoms with E-state index in [9.17, 15) is 0 Å². The van der Waals surface area contributed by atoms with E-state index in [1.165, 1.54) is 0 Å². The second-order valence-corrected chi connectivity index (χ2v) is 4.83. The Labute approximate surface area is 124 Å². The summed E-state index contributed by atoms with van der Waals surface area (Å²) in [6, 6.07) is 14.3. The molecule has 106 valence electrons. The molecule has 0 aliphatic heterocycles. The molecule has 3 aromatic rings. The van der Waals surface area contributed by atoms with Crippen LogP contribution in [0.15, 0.2) is 61.1 Å². The highest BCUT2D eigenvalue weighted by atomic mass is 15.1. The molecule has 4 nitrogen and oxygen atoms in total. The maximum atomic E-state index is 4.46. The number of pyridine rings is 1. The topological polar surface area (TPSA) is 42.7 Å². The summed E-state index contributed by atoms with van der Waals surface area (Å²) >= 11 is 0. The Morgan fingerprint density at radius 3 is 2.62 bits per heavy atom. The minimum atomic E-state index is 0.767. The first-order valence-electron chi connectivity index (χ1n) is 7.12. The summed E-state index contributed by atoms with van der Waals surface area (Å²) < 4.78 is 2.14. The number of hydrogen-bond acceptors (Lipinski definition) is 3. The van der Waals surface area contributed by atoms with Crippen LogP contribution < -0.4 is 5.32 Å². The van der Waals surface area contributed by atoms with Gasteiger partial charge in [-0.25, -0.2) is 9.97 Å². The number of anilines is 1. The van der Waals surface area contributed by atoms with Crippen molar-refractivity contribution in [1.82, 2.24) is 14.5 Å². The lowest BCUT2D eigenvalue weighted by Gasteiger charge is -2.09. The Morgan fingerprint density at radius 1 is 1.05 bits per heavy atom. The normalized spacial score (nSPS) is 10.5. The van der Waals surface area contributed by atoms with Crippen LogP contribution in [0.5, 0.6) is 0 Å². The highest BCUT2D eigenvalue weighted by Gasteiger charge is 2.06. The average molecular weight is 278 g/mol. The van der Waals surface area contributed by atoms with Crippen molar-refractivity contribution >= 4 is 5.82 Å². The van der Waals surface area contributed by atoms with E-state index >= 15 is 0 Å². The maximum absolute atomic E-state index is 4.46. The molecule has 0 saturated heterocycles. The highest BCUT2D eigenvalue weighted by molar-refractivity contribution is 5.55. The van der Waals surface area contributed by atoms with Gasteiger partial charge in [-0.1, -0.05) is 36.4 Å². The predicted molar refractivity (Wildman–Crippen MR) is 85.2 cm³/mol. The number of aromatic nitrogens is 3. The fourth-order valence-corrected chi connectivity index (χ4v) is 2.28. The molecule has 0 saturated carbocycles. The average Bonchev–Trinajstić information content (AvgIpc) is 2.98. The fraction of sp³-hybridized carbons (Fsp3) is 0.176. The lowest BCUT2D eigenvalue weighted by molar-refractivity contribution is 0.803. The van der Waals surface area contributed by atoms with Crippen molar-refractivity contribution in [3.8, 4) is 11.4 Å². The Morgan fingerprint density at radius 2 is 1.90 bits per heavy atom. The monoisotopic (exact) mass is 278 g/mol. The minimum Gasteiger partial charge on any atom is -0.370 e. The molecule has 2 heterocycles. The van der Waals surface area contributed by atoms with Gasteiger partial charge in [0.2, 0.25) is 0 Å². The third-order valence-corrected chi connectivity index (χ3v) is 3.28. The van der Waals surface area contributed by atoms with Crippen molar-refractivity contribution in [2.45, 2.75) is 13.5 Å². The van der Waals surface area contributed by atoms with Crippen molar-refractivity contribution in [3.63, 3.8) is 0 Å². The molecule has 0 aliphatic carbocycles. The zero-order chi connectivity index (χ0) is 14.5. The molecule has 2 aromatic heterocycles. The lowest BCUT2D eigenvalue weighted by atomic mass is 10.2. The lowest BCUT2D eigenvalue weighted by Crippen LogP contribution is -2.03. The Bertz CT molecular complexity index is 686. The highest BCUT2D eigenvalue weighted by Crippen LogP contribution is 2.18. The fourth-order valence-electron chi connectivity index (χ4n) is 2.28. The molecular formula is C17H18N4. The minimum absolute atomic E-state index is 0.767. The number of imidazole rings is 1. The van der Waals surface area contributed by atoms with Gasteiger partial charge in [0.25, 0.3) is 0 Å². The van der Waals surface area contributed by atoms with E-state index < -0.39 is 0 Å². The molecule has 0 amide bonds. The van der Waals surface area contributed by atoms with E-state index in [1.807, 2.05) is 42.9 Å². The van der Waals surface area contributed by atoms with Gasteiger partial charge in [-0.15, -0.1) is 0 Å². The van der Waals surface area contributed by atoms with Crippen LogP contribution in [0.25, 0.3) is 11.4 Å². The van der Waals surface area contributed by atoms with Crippen molar-refractivity contribution in [2.24, 2.45) is 0 Å². The second-order valence-electron chi connectivity index (χ2n) is 4.83. The first-order chi connectivity index (χ1) is 10.4. The van der Waals surface area contributed by atoms with Gasteiger partial charge in [-0.3, -0.25) is 0 Å². The summed E-state index contributed by atoms with van der Waals surface area (Å²) in [4.78, 5) is 8.87. The van der Waals surface area contributed by atoms with Gasteiger partial charge >= 0.3 is 0 Å². The molecule has 0 unspecified atom stereocenters. The molecule has 0 radical (unpaired) electrons. The van der Waals surface area contributed by atoms with Crippen LogP contribution >= 0.6 is 0 Å². The van der Waals surface area contributed by atoms with Crippen molar-refractivity contribution < 1.29 is 0 Å². The molecule has 4 heteroatoms.